The van der Waals surface area contributed by atoms with Crippen LogP contribution in [-0.4, -0.2) is 81.7 Å². The maximum absolute atomic E-state index is 12.5. The molecule has 2 aromatic rings. The van der Waals surface area contributed by atoms with Gasteiger partial charge in [-0.2, -0.15) is 4.98 Å². The second-order valence-electron chi connectivity index (χ2n) is 6.78. The fourth-order valence-corrected chi connectivity index (χ4v) is 3.19. The van der Waals surface area contributed by atoms with E-state index >= 15 is 0 Å². The van der Waals surface area contributed by atoms with Crippen molar-refractivity contribution in [2.24, 2.45) is 7.05 Å². The monoisotopic (exact) mass is 378 g/mol. The summed E-state index contributed by atoms with van der Waals surface area (Å²) in [4.78, 5) is 35.6. The minimum Gasteiger partial charge on any atom is -0.389 e. The molecule has 0 aliphatic carbocycles. The molecule has 0 aromatic carbocycles. The van der Waals surface area contributed by atoms with E-state index in [1.54, 1.807) is 17.7 Å². The van der Waals surface area contributed by atoms with Crippen LogP contribution in [0, 0.1) is 0 Å². The van der Waals surface area contributed by atoms with Gasteiger partial charge in [0.05, 0.1) is 25.9 Å². The van der Waals surface area contributed by atoms with Gasteiger partial charge in [-0.05, 0) is 7.05 Å². The summed E-state index contributed by atoms with van der Waals surface area (Å²) in [5.74, 6) is 0.576. The highest BCUT2D eigenvalue weighted by Gasteiger charge is 2.25. The number of H-pyrrole nitrogens is 1. The first kappa shape index (κ1) is 19.3. The number of anilines is 1. The number of nitrogens with one attached hydrogen (secondary N) is 1. The average molecular weight is 378 g/mol. The lowest BCUT2D eigenvalue weighted by atomic mass is 10.3. The number of piperazine rings is 1. The lowest BCUT2D eigenvalue weighted by Gasteiger charge is -2.33. The molecule has 1 atom stereocenters. The number of fused-ring (bicyclic) bond motifs is 1. The molecule has 0 saturated carbocycles. The highest BCUT2D eigenvalue weighted by Crippen LogP contribution is 2.21. The second-order valence-corrected chi connectivity index (χ2v) is 6.78. The topological polar surface area (TPSA) is 109 Å². The van der Waals surface area contributed by atoms with Crippen molar-refractivity contribution in [2.75, 3.05) is 51.3 Å². The highest BCUT2D eigenvalue weighted by atomic mass is 16.5. The van der Waals surface area contributed by atoms with Gasteiger partial charge in [0.2, 0.25) is 5.95 Å². The number of aliphatic hydroxyl groups is 1. The Labute approximate surface area is 156 Å². The molecule has 10 heteroatoms. The Balaban J connectivity index is 2.03. The number of ether oxygens (including phenoxy) is 1. The summed E-state index contributed by atoms with van der Waals surface area (Å²) in [5, 5.41) is 10.4. The van der Waals surface area contributed by atoms with E-state index in [0.717, 1.165) is 26.2 Å². The molecule has 2 N–H and O–H groups in total. The van der Waals surface area contributed by atoms with E-state index in [1.165, 1.54) is 4.57 Å². The Morgan fingerprint density at radius 1 is 1.30 bits per heavy atom. The zero-order valence-corrected chi connectivity index (χ0v) is 15.7. The van der Waals surface area contributed by atoms with Crippen molar-refractivity contribution in [3.8, 4) is 0 Å². The number of imidazole rings is 1. The maximum Gasteiger partial charge on any atom is 0.329 e. The first-order chi connectivity index (χ1) is 12.9. The van der Waals surface area contributed by atoms with Gasteiger partial charge in [0.25, 0.3) is 5.56 Å². The van der Waals surface area contributed by atoms with E-state index in [9.17, 15) is 14.7 Å². The molecule has 1 aliphatic heterocycles. The van der Waals surface area contributed by atoms with Crippen LogP contribution in [0.3, 0.4) is 0 Å². The molecule has 0 bridgehead atoms. The number of aromatic nitrogens is 4. The average Bonchev–Trinajstić information content (AvgIpc) is 3.00. The van der Waals surface area contributed by atoms with Crippen LogP contribution >= 0.6 is 0 Å². The van der Waals surface area contributed by atoms with Crippen molar-refractivity contribution in [1.82, 2.24) is 24.0 Å². The first-order valence-corrected chi connectivity index (χ1v) is 8.92. The number of likely N-dealkylation sites (N-methyl/N-ethyl adjacent to an activating group) is 1. The SMILES string of the molecule is C=CCOC[C@@H](O)Cn1c(N2CCN(C)CC2)nc2c1c(=O)[nH]c(=O)n2C. The third-order valence-electron chi connectivity index (χ3n) is 4.71. The second kappa shape index (κ2) is 8.07. The van der Waals surface area contributed by atoms with Gasteiger partial charge >= 0.3 is 5.69 Å². The third kappa shape index (κ3) is 3.97. The van der Waals surface area contributed by atoms with Crippen LogP contribution in [0.5, 0.6) is 0 Å². The van der Waals surface area contributed by atoms with E-state index in [4.69, 9.17) is 4.74 Å². The van der Waals surface area contributed by atoms with Crippen molar-refractivity contribution in [2.45, 2.75) is 12.6 Å². The number of aromatic amines is 1. The Hall–Kier alpha value is -2.43. The van der Waals surface area contributed by atoms with Gasteiger partial charge in [-0.1, -0.05) is 6.08 Å². The van der Waals surface area contributed by atoms with E-state index in [2.05, 4.69) is 33.4 Å². The van der Waals surface area contributed by atoms with Crippen LogP contribution in [0.4, 0.5) is 5.95 Å². The van der Waals surface area contributed by atoms with Gasteiger partial charge in [0, 0.05) is 33.2 Å². The van der Waals surface area contributed by atoms with Crippen LogP contribution in [0.1, 0.15) is 0 Å². The Bertz CT molecular complexity index is 922. The van der Waals surface area contributed by atoms with Crippen LogP contribution in [0.15, 0.2) is 22.2 Å². The first-order valence-electron chi connectivity index (χ1n) is 8.92. The van der Waals surface area contributed by atoms with Gasteiger partial charge in [0.1, 0.15) is 0 Å². The van der Waals surface area contributed by atoms with Crippen LogP contribution in [-0.2, 0) is 18.3 Å². The molecule has 0 radical (unpaired) electrons. The highest BCUT2D eigenvalue weighted by molar-refractivity contribution is 5.74. The quantitative estimate of drug-likeness (QED) is 0.457. The molecule has 0 amide bonds. The van der Waals surface area contributed by atoms with E-state index < -0.39 is 17.4 Å². The molecule has 3 rings (SSSR count). The minimum atomic E-state index is -0.829. The summed E-state index contributed by atoms with van der Waals surface area (Å²) in [6.07, 6.45) is 0.778. The molecular weight excluding hydrogens is 352 g/mol. The van der Waals surface area contributed by atoms with Crippen molar-refractivity contribution < 1.29 is 9.84 Å². The molecule has 1 fully saturated rings. The predicted octanol–water partition coefficient (Wildman–Crippen LogP) is -1.26. The Morgan fingerprint density at radius 3 is 2.67 bits per heavy atom. The fraction of sp³-hybridized carbons (Fsp3) is 0.588. The number of hydrogen-bond donors (Lipinski definition) is 2. The van der Waals surface area contributed by atoms with Gasteiger partial charge < -0.3 is 24.2 Å². The number of nitrogens with zero attached hydrogens (tertiary/aromatic N) is 5. The standard InChI is InChI=1S/C17H26N6O4/c1-4-9-27-11-12(24)10-23-13-14(21(3)17(26)19-15(13)25)18-16(23)22-7-5-20(2)6-8-22/h4,12,24H,1,5-11H2,2-3H3,(H,19,25,26)/t12-/m0/s1. The number of hydrogen-bond acceptors (Lipinski definition) is 7. The molecule has 3 heterocycles. The van der Waals surface area contributed by atoms with Gasteiger partial charge in [-0.25, -0.2) is 4.79 Å². The van der Waals surface area contributed by atoms with Crippen LogP contribution in [0.2, 0.25) is 0 Å². The van der Waals surface area contributed by atoms with Crippen LogP contribution < -0.4 is 16.1 Å². The van der Waals surface area contributed by atoms with E-state index in [-0.39, 0.29) is 18.7 Å². The lowest BCUT2D eigenvalue weighted by Crippen LogP contribution is -2.45. The summed E-state index contributed by atoms with van der Waals surface area (Å²) in [6.45, 7) is 7.37. The summed E-state index contributed by atoms with van der Waals surface area (Å²) in [5.41, 5.74) is -0.456. The predicted molar refractivity (Wildman–Crippen MR) is 102 cm³/mol. The van der Waals surface area contributed by atoms with Crippen molar-refractivity contribution in [3.05, 3.63) is 33.5 Å². The van der Waals surface area contributed by atoms with E-state index in [0.29, 0.717) is 18.2 Å². The Morgan fingerprint density at radius 2 is 2.00 bits per heavy atom. The zero-order chi connectivity index (χ0) is 19.6. The lowest BCUT2D eigenvalue weighted by molar-refractivity contribution is 0.0404. The van der Waals surface area contributed by atoms with Crippen molar-refractivity contribution >= 4 is 17.1 Å². The Kier molecular flexibility index (Phi) is 5.78. The van der Waals surface area contributed by atoms with E-state index in [1.807, 2.05) is 0 Å². The zero-order valence-electron chi connectivity index (χ0n) is 15.7. The molecule has 0 spiro atoms. The number of aryl methyl sites for hydroxylation is 1. The smallest absolute Gasteiger partial charge is 0.329 e. The number of rotatable bonds is 7. The minimum absolute atomic E-state index is 0.109. The van der Waals surface area contributed by atoms with Gasteiger partial charge in [-0.15, -0.1) is 6.58 Å². The maximum atomic E-state index is 12.5. The molecule has 0 unspecified atom stereocenters. The molecular formula is C17H26N6O4. The molecule has 27 heavy (non-hydrogen) atoms. The van der Waals surface area contributed by atoms with Gasteiger partial charge in [0.15, 0.2) is 11.2 Å². The summed E-state index contributed by atoms with van der Waals surface area (Å²) >= 11 is 0. The molecule has 1 saturated heterocycles. The van der Waals surface area contributed by atoms with Gasteiger partial charge in [-0.3, -0.25) is 14.3 Å². The summed E-state index contributed by atoms with van der Waals surface area (Å²) < 4.78 is 8.31. The third-order valence-corrected chi connectivity index (χ3v) is 4.71. The molecule has 1 aliphatic rings. The summed E-state index contributed by atoms with van der Waals surface area (Å²) in [7, 11) is 3.62. The van der Waals surface area contributed by atoms with Crippen LogP contribution in [0.25, 0.3) is 11.2 Å². The molecule has 10 nitrogen and oxygen atoms in total. The largest absolute Gasteiger partial charge is 0.389 e. The molecule has 2 aromatic heterocycles. The summed E-state index contributed by atoms with van der Waals surface area (Å²) in [6, 6.07) is 0. The number of aliphatic hydroxyl groups excluding tert-OH is 1. The van der Waals surface area contributed by atoms with Crippen molar-refractivity contribution in [3.63, 3.8) is 0 Å². The normalized spacial score (nSPS) is 16.8. The fourth-order valence-electron chi connectivity index (χ4n) is 3.19. The molecule has 148 valence electrons. The van der Waals surface area contributed by atoms with Crippen molar-refractivity contribution in [1.29, 1.82) is 0 Å².